The number of aliphatic carboxylic acids is 1. The van der Waals surface area contributed by atoms with Gasteiger partial charge in [0, 0.05) is 13.1 Å². The first-order valence-corrected chi connectivity index (χ1v) is 12.2. The third kappa shape index (κ3) is 6.62. The van der Waals surface area contributed by atoms with Crippen LogP contribution in [0.2, 0.25) is 0 Å². The smallest absolute Gasteiger partial charge is 0.416 e. The van der Waals surface area contributed by atoms with Crippen molar-refractivity contribution in [2.24, 2.45) is 11.8 Å². The summed E-state index contributed by atoms with van der Waals surface area (Å²) < 4.78 is 39.4. The fourth-order valence-electron chi connectivity index (χ4n) is 5.08. The summed E-state index contributed by atoms with van der Waals surface area (Å²) in [6, 6.07) is 11.1. The molecule has 3 rings (SSSR count). The number of hydrogen-bond acceptors (Lipinski definition) is 2. The van der Waals surface area contributed by atoms with Gasteiger partial charge in [0.1, 0.15) is 0 Å². The van der Waals surface area contributed by atoms with E-state index in [-0.39, 0.29) is 11.8 Å². The number of benzene rings is 2. The Bertz CT molecular complexity index is 967. The fraction of sp³-hybridized carbons (Fsp3) is 0.536. The predicted molar refractivity (Wildman–Crippen MR) is 130 cm³/mol. The molecular weight excluding hydrogens is 439 g/mol. The van der Waals surface area contributed by atoms with Crippen LogP contribution in [0.5, 0.6) is 0 Å². The zero-order valence-electron chi connectivity index (χ0n) is 20.5. The lowest BCUT2D eigenvalue weighted by atomic mass is 9.81. The van der Waals surface area contributed by atoms with E-state index >= 15 is 0 Å². The molecule has 6 heteroatoms. The van der Waals surface area contributed by atoms with Crippen LogP contribution in [0.4, 0.5) is 13.2 Å². The Balaban J connectivity index is 2.05. The normalized spacial score (nSPS) is 18.4. The van der Waals surface area contributed by atoms with Gasteiger partial charge in [0.05, 0.1) is 11.5 Å². The Morgan fingerprint density at radius 2 is 1.74 bits per heavy atom. The molecule has 186 valence electrons. The molecule has 2 aromatic carbocycles. The van der Waals surface area contributed by atoms with E-state index in [2.05, 4.69) is 18.7 Å². The second kappa shape index (κ2) is 10.9. The highest BCUT2D eigenvalue weighted by Crippen LogP contribution is 2.39. The van der Waals surface area contributed by atoms with Gasteiger partial charge in [-0.15, -0.1) is 0 Å². The maximum Gasteiger partial charge on any atom is 0.416 e. The summed E-state index contributed by atoms with van der Waals surface area (Å²) in [6.07, 6.45) is -1.81. The van der Waals surface area contributed by atoms with E-state index in [1.54, 1.807) is 0 Å². The number of nitrogens with zero attached hydrogens (tertiary/aromatic N) is 1. The van der Waals surface area contributed by atoms with E-state index in [0.717, 1.165) is 55.7 Å². The van der Waals surface area contributed by atoms with E-state index < -0.39 is 23.6 Å². The zero-order valence-corrected chi connectivity index (χ0v) is 20.5. The first-order valence-electron chi connectivity index (χ1n) is 12.2. The van der Waals surface area contributed by atoms with Gasteiger partial charge in [0.15, 0.2) is 0 Å². The van der Waals surface area contributed by atoms with Crippen molar-refractivity contribution in [2.75, 3.05) is 19.6 Å². The first-order chi connectivity index (χ1) is 16.0. The lowest BCUT2D eigenvalue weighted by Gasteiger charge is -2.35. The van der Waals surface area contributed by atoms with E-state index in [9.17, 15) is 23.1 Å². The fourth-order valence-corrected chi connectivity index (χ4v) is 5.08. The molecule has 2 aromatic rings. The van der Waals surface area contributed by atoms with Gasteiger partial charge in [0.2, 0.25) is 0 Å². The molecule has 2 unspecified atom stereocenters. The predicted octanol–water partition coefficient (Wildman–Crippen LogP) is 7.42. The van der Waals surface area contributed by atoms with Crippen molar-refractivity contribution in [3.8, 4) is 11.1 Å². The number of carboxylic acid groups (broad SMARTS) is 1. The Hall–Kier alpha value is -2.34. The van der Waals surface area contributed by atoms with E-state index in [4.69, 9.17) is 0 Å². The lowest BCUT2D eigenvalue weighted by Crippen LogP contribution is -2.36. The second-order valence-electron chi connectivity index (χ2n) is 10.4. The van der Waals surface area contributed by atoms with Crippen molar-refractivity contribution in [1.82, 2.24) is 4.90 Å². The molecule has 0 amide bonds. The molecule has 2 atom stereocenters. The van der Waals surface area contributed by atoms with Crippen LogP contribution >= 0.6 is 0 Å². The minimum absolute atomic E-state index is 0.207. The van der Waals surface area contributed by atoms with Gasteiger partial charge >= 0.3 is 12.1 Å². The van der Waals surface area contributed by atoms with Crippen LogP contribution in [0.3, 0.4) is 0 Å². The summed E-state index contributed by atoms with van der Waals surface area (Å²) >= 11 is 0. The number of halogens is 3. The summed E-state index contributed by atoms with van der Waals surface area (Å²) in [7, 11) is 0. The molecule has 1 aliphatic heterocycles. The molecule has 34 heavy (non-hydrogen) atoms. The van der Waals surface area contributed by atoms with E-state index in [1.165, 1.54) is 12.1 Å². The van der Waals surface area contributed by atoms with Crippen molar-refractivity contribution in [1.29, 1.82) is 0 Å². The number of hydrogen-bond donors (Lipinski definition) is 1. The molecule has 1 heterocycles. The van der Waals surface area contributed by atoms with Crippen molar-refractivity contribution in [3.63, 3.8) is 0 Å². The van der Waals surface area contributed by atoms with Crippen LogP contribution in [0.15, 0.2) is 42.5 Å². The molecule has 0 bridgehead atoms. The molecule has 1 saturated heterocycles. The lowest BCUT2D eigenvalue weighted by molar-refractivity contribution is -0.139. The quantitative estimate of drug-likeness (QED) is 0.432. The van der Waals surface area contributed by atoms with Gasteiger partial charge < -0.3 is 10.0 Å². The Labute approximate surface area is 201 Å². The summed E-state index contributed by atoms with van der Waals surface area (Å²) in [5, 5.41) is 9.87. The molecule has 0 radical (unpaired) electrons. The summed E-state index contributed by atoms with van der Waals surface area (Å²) in [4.78, 5) is 14.5. The van der Waals surface area contributed by atoms with Crippen LogP contribution < -0.4 is 0 Å². The van der Waals surface area contributed by atoms with E-state index in [0.29, 0.717) is 23.5 Å². The average molecular weight is 476 g/mol. The van der Waals surface area contributed by atoms with Gasteiger partial charge in [-0.25, -0.2) is 0 Å². The molecule has 0 aromatic heterocycles. The van der Waals surface area contributed by atoms with Crippen LogP contribution in [0.1, 0.15) is 75.5 Å². The molecule has 3 nitrogen and oxygen atoms in total. The molecule has 0 spiro atoms. The van der Waals surface area contributed by atoms with Gasteiger partial charge in [-0.3, -0.25) is 4.79 Å². The Morgan fingerprint density at radius 3 is 2.29 bits per heavy atom. The standard InChI is InChI=1S/C28H36F3NO2/c1-18(2)14-26(27(33)34)21-9-12-24(22-6-5-13-32(17-22)16-19(3)4)25(15-21)20-7-10-23(11-8-20)28(29,30)31/h7-12,15,18-19,22,26H,5-6,13-14,16-17H2,1-4H3,(H,33,34). The molecule has 1 aliphatic rings. The SMILES string of the molecule is CC(C)CC(C(=O)O)c1ccc(C2CCCN(CC(C)C)C2)c(-c2ccc(C(F)(F)F)cc2)c1. The Morgan fingerprint density at radius 1 is 1.06 bits per heavy atom. The first kappa shape index (κ1) is 26.3. The second-order valence-corrected chi connectivity index (χ2v) is 10.4. The highest BCUT2D eigenvalue weighted by atomic mass is 19.4. The van der Waals surface area contributed by atoms with E-state index in [1.807, 2.05) is 32.0 Å². The summed E-state index contributed by atoms with van der Waals surface area (Å²) in [5.74, 6) is -0.500. The highest BCUT2D eigenvalue weighted by Gasteiger charge is 2.31. The van der Waals surface area contributed by atoms with Gasteiger partial charge in [-0.1, -0.05) is 58.0 Å². The number of alkyl halides is 3. The van der Waals surface area contributed by atoms with Crippen LogP contribution in [-0.4, -0.2) is 35.6 Å². The largest absolute Gasteiger partial charge is 0.481 e. The minimum atomic E-state index is -4.39. The van der Waals surface area contributed by atoms with Crippen molar-refractivity contribution in [3.05, 3.63) is 59.2 Å². The van der Waals surface area contributed by atoms with Crippen molar-refractivity contribution >= 4 is 5.97 Å². The van der Waals surface area contributed by atoms with Gasteiger partial charge in [-0.2, -0.15) is 13.2 Å². The number of piperidine rings is 1. The number of carbonyl (C=O) groups is 1. The van der Waals surface area contributed by atoms with Gasteiger partial charge in [0.25, 0.3) is 0 Å². The average Bonchev–Trinajstić information content (AvgIpc) is 2.76. The third-order valence-electron chi connectivity index (χ3n) is 6.58. The minimum Gasteiger partial charge on any atom is -0.481 e. The van der Waals surface area contributed by atoms with Crippen LogP contribution in [0, 0.1) is 11.8 Å². The van der Waals surface area contributed by atoms with Crippen molar-refractivity contribution < 1.29 is 23.1 Å². The molecular formula is C28H36F3NO2. The zero-order chi connectivity index (χ0) is 25.0. The van der Waals surface area contributed by atoms with Crippen molar-refractivity contribution in [2.45, 2.75) is 65.0 Å². The molecule has 0 aliphatic carbocycles. The molecule has 1 N–H and O–H groups in total. The monoisotopic (exact) mass is 475 g/mol. The number of rotatable bonds is 8. The third-order valence-corrected chi connectivity index (χ3v) is 6.58. The molecule has 1 fully saturated rings. The maximum absolute atomic E-state index is 13.1. The number of likely N-dealkylation sites (tertiary alicyclic amines) is 1. The maximum atomic E-state index is 13.1. The summed E-state index contributed by atoms with van der Waals surface area (Å²) in [6.45, 7) is 11.4. The summed E-state index contributed by atoms with van der Waals surface area (Å²) in [5.41, 5.74) is 2.65. The topological polar surface area (TPSA) is 40.5 Å². The van der Waals surface area contributed by atoms with Gasteiger partial charge in [-0.05, 0) is 77.9 Å². The van der Waals surface area contributed by atoms with Crippen LogP contribution in [-0.2, 0) is 11.0 Å². The number of carboxylic acids is 1. The highest BCUT2D eigenvalue weighted by molar-refractivity contribution is 5.78. The Kier molecular flexibility index (Phi) is 8.45. The van der Waals surface area contributed by atoms with Crippen LogP contribution in [0.25, 0.3) is 11.1 Å². The molecule has 0 saturated carbocycles.